The van der Waals surface area contributed by atoms with Gasteiger partial charge < -0.3 is 5.32 Å². The molecule has 1 unspecified atom stereocenters. The number of nitrogens with zero attached hydrogens (tertiary/aromatic N) is 1. The Kier molecular flexibility index (Phi) is 3.86. The van der Waals surface area contributed by atoms with E-state index in [0.29, 0.717) is 15.8 Å². The van der Waals surface area contributed by atoms with E-state index in [-0.39, 0.29) is 0 Å². The Morgan fingerprint density at radius 2 is 2.15 bits per heavy atom. The van der Waals surface area contributed by atoms with Gasteiger partial charge in [-0.3, -0.25) is 0 Å². The molecule has 2 aromatic rings. The van der Waals surface area contributed by atoms with E-state index in [0.717, 1.165) is 18.7 Å². The van der Waals surface area contributed by atoms with Crippen molar-refractivity contribution in [2.24, 2.45) is 0 Å². The van der Waals surface area contributed by atoms with Crippen LogP contribution in [0.15, 0.2) is 47.4 Å². The van der Waals surface area contributed by atoms with Gasteiger partial charge in [0.05, 0.1) is 22.3 Å². The van der Waals surface area contributed by atoms with E-state index in [1.165, 1.54) is 10.5 Å². The van der Waals surface area contributed by atoms with Gasteiger partial charge in [0, 0.05) is 16.7 Å². The highest BCUT2D eigenvalue weighted by Crippen LogP contribution is 2.37. The number of nitriles is 1. The van der Waals surface area contributed by atoms with E-state index < -0.39 is 0 Å². The third-order valence-electron chi connectivity index (χ3n) is 3.33. The van der Waals surface area contributed by atoms with Crippen LogP contribution in [-0.4, -0.2) is 11.8 Å². The number of fused-ring (bicyclic) bond motifs is 1. The van der Waals surface area contributed by atoms with Gasteiger partial charge in [-0.05, 0) is 36.2 Å². The number of halogens is 1. The molecule has 3 rings (SSSR count). The third-order valence-corrected chi connectivity index (χ3v) is 4.98. The molecule has 1 atom stereocenters. The van der Waals surface area contributed by atoms with Gasteiger partial charge in [-0.1, -0.05) is 29.8 Å². The zero-order valence-electron chi connectivity index (χ0n) is 10.8. The van der Waals surface area contributed by atoms with Crippen molar-refractivity contribution in [2.75, 3.05) is 11.9 Å². The van der Waals surface area contributed by atoms with Crippen LogP contribution in [0.4, 0.5) is 5.69 Å². The predicted octanol–water partition coefficient (Wildman–Crippen LogP) is 4.34. The average molecular weight is 301 g/mol. The number of benzene rings is 2. The molecule has 2 aromatic carbocycles. The highest BCUT2D eigenvalue weighted by molar-refractivity contribution is 8.00. The normalized spacial score (nSPS) is 16.5. The van der Waals surface area contributed by atoms with E-state index in [4.69, 9.17) is 16.9 Å². The van der Waals surface area contributed by atoms with E-state index >= 15 is 0 Å². The highest BCUT2D eigenvalue weighted by atomic mass is 35.5. The molecule has 1 aliphatic rings. The van der Waals surface area contributed by atoms with Crippen molar-refractivity contribution in [2.45, 2.75) is 16.6 Å². The van der Waals surface area contributed by atoms with Crippen molar-refractivity contribution in [1.82, 2.24) is 0 Å². The summed E-state index contributed by atoms with van der Waals surface area (Å²) in [5, 5.41) is 13.5. The van der Waals surface area contributed by atoms with Crippen molar-refractivity contribution in [3.63, 3.8) is 0 Å². The lowest BCUT2D eigenvalue weighted by molar-refractivity contribution is 0.899. The Morgan fingerprint density at radius 3 is 2.95 bits per heavy atom. The van der Waals surface area contributed by atoms with Crippen molar-refractivity contribution in [3.8, 4) is 6.07 Å². The first-order valence-corrected chi connectivity index (χ1v) is 7.70. The highest BCUT2D eigenvalue weighted by Gasteiger charge is 2.21. The van der Waals surface area contributed by atoms with E-state index in [1.54, 1.807) is 18.2 Å². The fraction of sp³-hybridized carbons (Fsp3) is 0.188. The maximum atomic E-state index is 8.93. The maximum Gasteiger partial charge on any atom is 0.0992 e. The summed E-state index contributed by atoms with van der Waals surface area (Å²) in [6.45, 7) is 0.841. The predicted molar refractivity (Wildman–Crippen MR) is 84.4 cm³/mol. The number of hydrogen-bond acceptors (Lipinski definition) is 3. The second-order valence-corrected chi connectivity index (χ2v) is 6.49. The largest absolute Gasteiger partial charge is 0.383 e. The molecule has 1 heterocycles. The van der Waals surface area contributed by atoms with Gasteiger partial charge in [-0.15, -0.1) is 11.8 Å². The summed E-state index contributed by atoms with van der Waals surface area (Å²) in [5.41, 5.74) is 2.88. The molecular weight excluding hydrogens is 288 g/mol. The van der Waals surface area contributed by atoms with Crippen molar-refractivity contribution in [1.29, 1.82) is 5.26 Å². The van der Waals surface area contributed by atoms with Crippen LogP contribution in [0.5, 0.6) is 0 Å². The van der Waals surface area contributed by atoms with Gasteiger partial charge >= 0.3 is 0 Å². The standard InChI is InChI=1S/C16H13ClN2S/c17-14-6-5-11(9-18)7-15(14)19-10-13-8-12-3-1-2-4-16(12)20-13/h1-7,13,19H,8,10H2. The van der Waals surface area contributed by atoms with Gasteiger partial charge in [-0.2, -0.15) is 5.26 Å². The quantitative estimate of drug-likeness (QED) is 0.916. The summed E-state index contributed by atoms with van der Waals surface area (Å²) in [5.74, 6) is 0. The topological polar surface area (TPSA) is 35.8 Å². The summed E-state index contributed by atoms with van der Waals surface area (Å²) < 4.78 is 0. The monoisotopic (exact) mass is 300 g/mol. The van der Waals surface area contributed by atoms with Crippen LogP contribution < -0.4 is 5.32 Å². The molecule has 1 aliphatic heterocycles. The first-order valence-electron chi connectivity index (χ1n) is 6.44. The number of nitrogens with one attached hydrogen (secondary N) is 1. The van der Waals surface area contributed by atoms with Crippen LogP contribution >= 0.6 is 23.4 Å². The van der Waals surface area contributed by atoms with Gasteiger partial charge in [-0.25, -0.2) is 0 Å². The molecule has 0 fully saturated rings. The van der Waals surface area contributed by atoms with Crippen LogP contribution in [0.25, 0.3) is 0 Å². The molecule has 0 bridgehead atoms. The maximum absolute atomic E-state index is 8.93. The number of anilines is 1. The molecule has 4 heteroatoms. The van der Waals surface area contributed by atoms with Crippen LogP contribution in [0.2, 0.25) is 5.02 Å². The molecular formula is C16H13ClN2S. The molecule has 0 aliphatic carbocycles. The van der Waals surface area contributed by atoms with Crippen molar-refractivity contribution < 1.29 is 0 Å². The minimum atomic E-state index is 0.509. The van der Waals surface area contributed by atoms with Gasteiger partial charge in [0.25, 0.3) is 0 Å². The molecule has 0 saturated carbocycles. The Labute approximate surface area is 127 Å². The zero-order valence-corrected chi connectivity index (χ0v) is 12.3. The Hall–Kier alpha value is -1.63. The lowest BCUT2D eigenvalue weighted by Gasteiger charge is -2.12. The second-order valence-electron chi connectivity index (χ2n) is 4.74. The molecule has 0 aromatic heterocycles. The molecule has 0 amide bonds. The van der Waals surface area contributed by atoms with Crippen LogP contribution in [-0.2, 0) is 6.42 Å². The smallest absolute Gasteiger partial charge is 0.0992 e. The van der Waals surface area contributed by atoms with E-state index in [9.17, 15) is 0 Å². The van der Waals surface area contributed by atoms with Crippen LogP contribution in [0, 0.1) is 11.3 Å². The molecule has 100 valence electrons. The summed E-state index contributed by atoms with van der Waals surface area (Å²) in [6, 6.07) is 15.9. The molecule has 0 spiro atoms. The molecule has 0 radical (unpaired) electrons. The van der Waals surface area contributed by atoms with Crippen LogP contribution in [0.1, 0.15) is 11.1 Å². The van der Waals surface area contributed by atoms with Gasteiger partial charge in [0.1, 0.15) is 0 Å². The van der Waals surface area contributed by atoms with Crippen LogP contribution in [0.3, 0.4) is 0 Å². The summed E-state index contributed by atoms with van der Waals surface area (Å²) in [4.78, 5) is 1.37. The molecule has 1 N–H and O–H groups in total. The number of hydrogen-bond donors (Lipinski definition) is 1. The average Bonchev–Trinajstić information content (AvgIpc) is 2.89. The SMILES string of the molecule is N#Cc1ccc(Cl)c(NCC2Cc3ccccc3S2)c1. The van der Waals surface area contributed by atoms with E-state index in [2.05, 4.69) is 35.7 Å². The minimum Gasteiger partial charge on any atom is -0.383 e. The van der Waals surface area contributed by atoms with Crippen molar-refractivity contribution in [3.05, 3.63) is 58.6 Å². The van der Waals surface area contributed by atoms with E-state index in [1.807, 2.05) is 11.8 Å². The Bertz CT molecular complexity index is 653. The fourth-order valence-corrected chi connectivity index (χ4v) is 3.75. The Morgan fingerprint density at radius 1 is 1.30 bits per heavy atom. The molecule has 0 saturated heterocycles. The first-order chi connectivity index (χ1) is 9.76. The second kappa shape index (κ2) is 5.78. The molecule has 20 heavy (non-hydrogen) atoms. The third kappa shape index (κ3) is 2.77. The summed E-state index contributed by atoms with van der Waals surface area (Å²) in [6.07, 6.45) is 1.07. The zero-order chi connectivity index (χ0) is 13.9. The van der Waals surface area contributed by atoms with Gasteiger partial charge in [0.2, 0.25) is 0 Å². The van der Waals surface area contributed by atoms with Crippen molar-refractivity contribution >= 4 is 29.1 Å². The van der Waals surface area contributed by atoms with Gasteiger partial charge in [0.15, 0.2) is 0 Å². The summed E-state index contributed by atoms with van der Waals surface area (Å²) >= 11 is 8.05. The fourth-order valence-electron chi connectivity index (χ4n) is 2.32. The lowest BCUT2D eigenvalue weighted by atomic mass is 10.1. The number of thioether (sulfide) groups is 1. The summed E-state index contributed by atoms with van der Waals surface area (Å²) in [7, 11) is 0. The minimum absolute atomic E-state index is 0.509. The lowest BCUT2D eigenvalue weighted by Crippen LogP contribution is -2.16. The molecule has 2 nitrogen and oxygen atoms in total. The first kappa shape index (κ1) is 13.4. The Balaban J connectivity index is 1.66. The number of rotatable bonds is 3.